The number of carbonyl (C=O) groups is 1. The van der Waals surface area contributed by atoms with Crippen LogP contribution in [0.2, 0.25) is 0 Å². The van der Waals surface area contributed by atoms with Crippen LogP contribution < -0.4 is 11.1 Å². The van der Waals surface area contributed by atoms with Crippen molar-refractivity contribution in [3.05, 3.63) is 34.3 Å². The molecule has 0 aliphatic heterocycles. The number of thioether (sulfide) groups is 1. The minimum atomic E-state index is -0.412. The highest BCUT2D eigenvalue weighted by Crippen LogP contribution is 2.15. The molecule has 1 aromatic rings. The molecule has 0 unspecified atom stereocenters. The molecule has 0 fully saturated rings. The fraction of sp³-hybridized carbons (Fsp3) is 0.417. The molecule has 0 saturated carbocycles. The Morgan fingerprint density at radius 2 is 2.24 bits per heavy atom. The molecule has 0 saturated heterocycles. The van der Waals surface area contributed by atoms with E-state index in [-0.39, 0.29) is 5.91 Å². The quantitative estimate of drug-likeness (QED) is 0.845. The topological polar surface area (TPSA) is 55.1 Å². The Morgan fingerprint density at radius 3 is 2.88 bits per heavy atom. The van der Waals surface area contributed by atoms with Crippen LogP contribution in [0, 0.1) is 0 Å². The number of carbonyl (C=O) groups excluding carboxylic acids is 1. The lowest BCUT2D eigenvalue weighted by atomic mass is 10.2. The first-order valence-electron chi connectivity index (χ1n) is 5.40. The fourth-order valence-corrected chi connectivity index (χ4v) is 2.25. The van der Waals surface area contributed by atoms with Crippen LogP contribution in [-0.2, 0) is 11.3 Å². The van der Waals surface area contributed by atoms with E-state index < -0.39 is 6.04 Å². The number of hydrogen-bond acceptors (Lipinski definition) is 3. The number of nitrogens with one attached hydrogen (secondary N) is 1. The van der Waals surface area contributed by atoms with E-state index in [0.29, 0.717) is 13.0 Å². The molecule has 94 valence electrons. The predicted molar refractivity (Wildman–Crippen MR) is 77.0 cm³/mol. The lowest BCUT2D eigenvalue weighted by Crippen LogP contribution is -2.40. The molecule has 0 aliphatic rings. The molecular formula is C12H17BrN2OS. The summed E-state index contributed by atoms with van der Waals surface area (Å²) >= 11 is 5.14. The van der Waals surface area contributed by atoms with Gasteiger partial charge in [0.2, 0.25) is 5.91 Å². The van der Waals surface area contributed by atoms with Gasteiger partial charge in [0.1, 0.15) is 0 Å². The van der Waals surface area contributed by atoms with E-state index >= 15 is 0 Å². The molecule has 17 heavy (non-hydrogen) atoms. The summed E-state index contributed by atoms with van der Waals surface area (Å²) in [6.45, 7) is 0.507. The first-order chi connectivity index (χ1) is 8.15. The minimum absolute atomic E-state index is 0.0881. The Morgan fingerprint density at radius 1 is 1.53 bits per heavy atom. The van der Waals surface area contributed by atoms with Gasteiger partial charge in [-0.2, -0.15) is 11.8 Å². The molecule has 0 aromatic heterocycles. The zero-order valence-electron chi connectivity index (χ0n) is 9.78. The molecule has 0 aliphatic carbocycles. The Labute approximate surface area is 115 Å². The average molecular weight is 317 g/mol. The van der Waals surface area contributed by atoms with Crippen LogP contribution in [0.1, 0.15) is 12.0 Å². The van der Waals surface area contributed by atoms with Crippen molar-refractivity contribution >= 4 is 33.6 Å². The molecule has 0 heterocycles. The summed E-state index contributed by atoms with van der Waals surface area (Å²) in [5, 5.41) is 2.85. The number of benzene rings is 1. The van der Waals surface area contributed by atoms with Gasteiger partial charge in [0.15, 0.2) is 0 Å². The smallest absolute Gasteiger partial charge is 0.237 e. The highest BCUT2D eigenvalue weighted by atomic mass is 79.9. The Hall–Kier alpha value is -0.520. The first kappa shape index (κ1) is 14.5. The maximum absolute atomic E-state index is 11.7. The van der Waals surface area contributed by atoms with Crippen molar-refractivity contribution in [2.75, 3.05) is 12.0 Å². The Kier molecular flexibility index (Phi) is 6.62. The summed E-state index contributed by atoms with van der Waals surface area (Å²) in [5.41, 5.74) is 6.82. The van der Waals surface area contributed by atoms with Gasteiger partial charge in [-0.25, -0.2) is 0 Å². The molecule has 1 aromatic carbocycles. The summed E-state index contributed by atoms with van der Waals surface area (Å²) in [5.74, 6) is 0.818. The summed E-state index contributed by atoms with van der Waals surface area (Å²) in [4.78, 5) is 11.7. The van der Waals surface area contributed by atoms with Crippen LogP contribution in [0.25, 0.3) is 0 Å². The van der Waals surface area contributed by atoms with Crippen molar-refractivity contribution in [3.8, 4) is 0 Å². The van der Waals surface area contributed by atoms with Crippen LogP contribution in [-0.4, -0.2) is 24.0 Å². The minimum Gasteiger partial charge on any atom is -0.351 e. The van der Waals surface area contributed by atoms with Crippen molar-refractivity contribution in [1.29, 1.82) is 0 Å². The SMILES string of the molecule is CSCC[C@@H](N)C(=O)NCc1ccccc1Br. The number of halogens is 1. The molecule has 0 radical (unpaired) electrons. The molecule has 5 heteroatoms. The van der Waals surface area contributed by atoms with Gasteiger partial charge in [-0.05, 0) is 30.1 Å². The number of hydrogen-bond donors (Lipinski definition) is 2. The Bertz CT molecular complexity index is 373. The second-order valence-electron chi connectivity index (χ2n) is 3.70. The van der Waals surface area contributed by atoms with Gasteiger partial charge in [0.05, 0.1) is 6.04 Å². The molecule has 1 amide bonds. The first-order valence-corrected chi connectivity index (χ1v) is 7.59. The standard InChI is InChI=1S/C12H17BrN2OS/c1-17-7-6-11(14)12(16)15-8-9-4-2-3-5-10(9)13/h2-5,11H,6-8,14H2,1H3,(H,15,16)/t11-/m1/s1. The van der Waals surface area contributed by atoms with E-state index in [4.69, 9.17) is 5.73 Å². The third-order valence-electron chi connectivity index (χ3n) is 2.38. The summed E-state index contributed by atoms with van der Waals surface area (Å²) in [6, 6.07) is 7.40. The predicted octanol–water partition coefficient (Wildman–Crippen LogP) is 2.15. The summed E-state index contributed by atoms with van der Waals surface area (Å²) in [7, 11) is 0. The van der Waals surface area contributed by atoms with E-state index in [1.165, 1.54) is 0 Å². The van der Waals surface area contributed by atoms with Gasteiger partial charge in [-0.1, -0.05) is 34.1 Å². The van der Waals surface area contributed by atoms with Crippen molar-refractivity contribution in [2.45, 2.75) is 19.0 Å². The lowest BCUT2D eigenvalue weighted by molar-refractivity contribution is -0.122. The van der Waals surface area contributed by atoms with Gasteiger partial charge in [-0.3, -0.25) is 4.79 Å². The van der Waals surface area contributed by atoms with Crippen molar-refractivity contribution < 1.29 is 4.79 Å². The van der Waals surface area contributed by atoms with Crippen LogP contribution in [0.15, 0.2) is 28.7 Å². The van der Waals surface area contributed by atoms with E-state index in [1.807, 2.05) is 30.5 Å². The Balaban J connectivity index is 2.40. The van der Waals surface area contributed by atoms with E-state index in [0.717, 1.165) is 15.8 Å². The van der Waals surface area contributed by atoms with Gasteiger partial charge in [0.25, 0.3) is 0 Å². The molecule has 1 rings (SSSR count). The molecule has 3 N–H and O–H groups in total. The molecule has 0 spiro atoms. The monoisotopic (exact) mass is 316 g/mol. The van der Waals surface area contributed by atoms with Gasteiger partial charge in [-0.15, -0.1) is 0 Å². The molecule has 3 nitrogen and oxygen atoms in total. The van der Waals surface area contributed by atoms with Gasteiger partial charge < -0.3 is 11.1 Å². The zero-order chi connectivity index (χ0) is 12.7. The third-order valence-corrected chi connectivity index (χ3v) is 3.80. The number of amides is 1. The van der Waals surface area contributed by atoms with Gasteiger partial charge in [0, 0.05) is 11.0 Å². The summed E-state index contributed by atoms with van der Waals surface area (Å²) < 4.78 is 0.998. The van der Waals surface area contributed by atoms with Crippen molar-refractivity contribution in [1.82, 2.24) is 5.32 Å². The van der Waals surface area contributed by atoms with E-state index in [2.05, 4.69) is 21.2 Å². The number of nitrogens with two attached hydrogens (primary N) is 1. The van der Waals surface area contributed by atoms with E-state index in [1.54, 1.807) is 11.8 Å². The normalized spacial score (nSPS) is 12.2. The molecule has 0 bridgehead atoms. The zero-order valence-corrected chi connectivity index (χ0v) is 12.2. The van der Waals surface area contributed by atoms with E-state index in [9.17, 15) is 4.79 Å². The number of rotatable bonds is 6. The van der Waals surface area contributed by atoms with Crippen LogP contribution in [0.3, 0.4) is 0 Å². The lowest BCUT2D eigenvalue weighted by Gasteiger charge is -2.12. The van der Waals surface area contributed by atoms with Crippen LogP contribution in [0.5, 0.6) is 0 Å². The second-order valence-corrected chi connectivity index (χ2v) is 5.54. The average Bonchev–Trinajstić information content (AvgIpc) is 2.34. The molecular weight excluding hydrogens is 300 g/mol. The van der Waals surface area contributed by atoms with Crippen LogP contribution >= 0.6 is 27.7 Å². The fourth-order valence-electron chi connectivity index (χ4n) is 1.33. The highest BCUT2D eigenvalue weighted by molar-refractivity contribution is 9.10. The van der Waals surface area contributed by atoms with Crippen LogP contribution in [0.4, 0.5) is 0 Å². The van der Waals surface area contributed by atoms with Crippen molar-refractivity contribution in [2.24, 2.45) is 5.73 Å². The second kappa shape index (κ2) is 7.74. The highest BCUT2D eigenvalue weighted by Gasteiger charge is 2.12. The van der Waals surface area contributed by atoms with Gasteiger partial charge >= 0.3 is 0 Å². The largest absolute Gasteiger partial charge is 0.351 e. The summed E-state index contributed by atoms with van der Waals surface area (Å²) in [6.07, 6.45) is 2.72. The van der Waals surface area contributed by atoms with Crippen molar-refractivity contribution in [3.63, 3.8) is 0 Å². The molecule has 1 atom stereocenters. The maximum atomic E-state index is 11.7. The maximum Gasteiger partial charge on any atom is 0.237 e. The third kappa shape index (κ3) is 5.10.